The number of hydrogen-bond donors (Lipinski definition) is 2. The zero-order chi connectivity index (χ0) is 18.0. The summed E-state index contributed by atoms with van der Waals surface area (Å²) < 4.78 is 0. The summed E-state index contributed by atoms with van der Waals surface area (Å²) in [4.78, 5) is 32.9. The first-order valence-corrected chi connectivity index (χ1v) is 7.04. The first kappa shape index (κ1) is 17.1. The number of carboxylic acid groups (broad SMARTS) is 2. The highest BCUT2D eigenvalue weighted by Gasteiger charge is 2.34. The van der Waals surface area contributed by atoms with Crippen molar-refractivity contribution in [3.8, 4) is 11.1 Å². The lowest BCUT2D eigenvalue weighted by atomic mass is 9.92. The van der Waals surface area contributed by atoms with Crippen molar-refractivity contribution in [3.05, 3.63) is 63.2 Å². The van der Waals surface area contributed by atoms with Crippen LogP contribution in [0.3, 0.4) is 0 Å². The van der Waals surface area contributed by atoms with E-state index >= 15 is 0 Å². The van der Waals surface area contributed by atoms with E-state index in [0.717, 1.165) is 16.7 Å². The molecule has 2 aromatic rings. The van der Waals surface area contributed by atoms with E-state index in [0.29, 0.717) is 5.56 Å². The summed E-state index contributed by atoms with van der Waals surface area (Å²) in [5.41, 5.74) is 2.37. The third-order valence-corrected chi connectivity index (χ3v) is 3.95. The number of nitro benzene ring substituents is 1. The fraction of sp³-hybridized carbons (Fsp3) is 0.176. The van der Waals surface area contributed by atoms with Gasteiger partial charge in [0.15, 0.2) is 5.92 Å². The second-order valence-corrected chi connectivity index (χ2v) is 5.39. The third-order valence-electron chi connectivity index (χ3n) is 3.95. The van der Waals surface area contributed by atoms with Crippen molar-refractivity contribution in [1.29, 1.82) is 0 Å². The number of hydrogen-bond acceptors (Lipinski definition) is 4. The molecule has 0 aliphatic heterocycles. The van der Waals surface area contributed by atoms with Crippen molar-refractivity contribution in [1.82, 2.24) is 0 Å². The minimum Gasteiger partial charge on any atom is -0.480 e. The summed E-state index contributed by atoms with van der Waals surface area (Å²) in [5.74, 6) is -5.28. The first-order valence-electron chi connectivity index (χ1n) is 7.04. The van der Waals surface area contributed by atoms with Gasteiger partial charge in [-0.2, -0.15) is 0 Å². The van der Waals surface area contributed by atoms with Gasteiger partial charge in [-0.3, -0.25) is 19.7 Å². The van der Waals surface area contributed by atoms with E-state index in [4.69, 9.17) is 10.2 Å². The number of carbonyl (C=O) groups is 2. The molecule has 0 aliphatic carbocycles. The van der Waals surface area contributed by atoms with Crippen LogP contribution in [0.5, 0.6) is 0 Å². The molecule has 0 bridgehead atoms. The molecule has 7 nitrogen and oxygen atoms in total. The Morgan fingerprint density at radius 1 is 1.08 bits per heavy atom. The predicted octanol–water partition coefficient (Wildman–Crippen LogP) is 3.13. The Balaban J connectivity index is 2.67. The van der Waals surface area contributed by atoms with Crippen molar-refractivity contribution < 1.29 is 24.7 Å². The SMILES string of the molecule is Cc1cccc(-c2ccc(C(C(=O)O)C(=O)O)c([N+](=O)[O-])c2)c1C. The first-order chi connectivity index (χ1) is 11.2. The summed E-state index contributed by atoms with van der Waals surface area (Å²) in [6, 6.07) is 9.44. The number of nitro groups is 1. The lowest BCUT2D eigenvalue weighted by Gasteiger charge is -2.12. The van der Waals surface area contributed by atoms with Gasteiger partial charge in [-0.1, -0.05) is 30.3 Å². The van der Waals surface area contributed by atoms with Crippen molar-refractivity contribution in [2.24, 2.45) is 0 Å². The summed E-state index contributed by atoms with van der Waals surface area (Å²) in [5, 5.41) is 29.5. The molecule has 0 radical (unpaired) electrons. The monoisotopic (exact) mass is 329 g/mol. The number of carboxylic acids is 2. The van der Waals surface area contributed by atoms with E-state index in [2.05, 4.69) is 0 Å². The summed E-state index contributed by atoms with van der Waals surface area (Å²) in [6.45, 7) is 3.79. The topological polar surface area (TPSA) is 118 Å². The Labute approximate surface area is 137 Å². The number of benzene rings is 2. The van der Waals surface area contributed by atoms with Crippen LogP contribution >= 0.6 is 0 Å². The highest BCUT2D eigenvalue weighted by atomic mass is 16.6. The Bertz CT molecular complexity index is 829. The van der Waals surface area contributed by atoms with Crippen LogP contribution in [0.4, 0.5) is 5.69 Å². The molecule has 0 saturated heterocycles. The smallest absolute Gasteiger partial charge is 0.322 e. The van der Waals surface area contributed by atoms with Crippen LogP contribution in [-0.4, -0.2) is 27.1 Å². The molecule has 2 rings (SSSR count). The molecular formula is C17H15NO6. The largest absolute Gasteiger partial charge is 0.480 e. The second-order valence-electron chi connectivity index (χ2n) is 5.39. The zero-order valence-electron chi connectivity index (χ0n) is 13.0. The molecule has 0 amide bonds. The van der Waals surface area contributed by atoms with Gasteiger partial charge in [0.05, 0.1) is 10.5 Å². The lowest BCUT2D eigenvalue weighted by molar-refractivity contribution is -0.385. The van der Waals surface area contributed by atoms with Gasteiger partial charge in [0.2, 0.25) is 0 Å². The average molecular weight is 329 g/mol. The minimum atomic E-state index is -1.99. The van der Waals surface area contributed by atoms with Crippen LogP contribution in [0.25, 0.3) is 11.1 Å². The number of nitrogens with zero attached hydrogens (tertiary/aromatic N) is 1. The molecule has 0 unspecified atom stereocenters. The van der Waals surface area contributed by atoms with Crippen LogP contribution in [0.1, 0.15) is 22.6 Å². The summed E-state index contributed by atoms with van der Waals surface area (Å²) >= 11 is 0. The van der Waals surface area contributed by atoms with E-state index in [1.165, 1.54) is 18.2 Å². The third kappa shape index (κ3) is 3.10. The van der Waals surface area contributed by atoms with Crippen LogP contribution in [0.15, 0.2) is 36.4 Å². The molecule has 0 heterocycles. The van der Waals surface area contributed by atoms with E-state index < -0.39 is 28.5 Å². The van der Waals surface area contributed by atoms with Gasteiger partial charge in [-0.05, 0) is 36.1 Å². The van der Waals surface area contributed by atoms with E-state index in [9.17, 15) is 19.7 Å². The standard InChI is InChI=1S/C17H15NO6/c1-9-4-3-5-12(10(9)2)11-6-7-13(14(8-11)18(23)24)15(16(19)20)17(21)22/h3-8,15H,1-2H3,(H,19,20)(H,21,22). The molecule has 2 aromatic carbocycles. The molecule has 0 aromatic heterocycles. The summed E-state index contributed by atoms with van der Waals surface area (Å²) in [6.07, 6.45) is 0. The van der Waals surface area contributed by atoms with E-state index in [1.54, 1.807) is 6.07 Å². The number of rotatable bonds is 5. The van der Waals surface area contributed by atoms with E-state index in [-0.39, 0.29) is 5.56 Å². The van der Waals surface area contributed by atoms with Crippen LogP contribution < -0.4 is 0 Å². The summed E-state index contributed by atoms with van der Waals surface area (Å²) in [7, 11) is 0. The number of aliphatic carboxylic acids is 2. The molecule has 7 heteroatoms. The van der Waals surface area contributed by atoms with E-state index in [1.807, 2.05) is 26.0 Å². The Morgan fingerprint density at radius 3 is 2.25 bits per heavy atom. The molecule has 2 N–H and O–H groups in total. The van der Waals surface area contributed by atoms with Gasteiger partial charge in [0.25, 0.3) is 5.69 Å². The normalized spacial score (nSPS) is 10.6. The maximum Gasteiger partial charge on any atom is 0.322 e. The van der Waals surface area contributed by atoms with Gasteiger partial charge >= 0.3 is 11.9 Å². The van der Waals surface area contributed by atoms with Crippen molar-refractivity contribution in [2.75, 3.05) is 0 Å². The maximum atomic E-state index is 11.3. The fourth-order valence-electron chi connectivity index (χ4n) is 2.55. The lowest BCUT2D eigenvalue weighted by Crippen LogP contribution is -2.22. The van der Waals surface area contributed by atoms with Gasteiger partial charge in [0, 0.05) is 6.07 Å². The van der Waals surface area contributed by atoms with Crippen LogP contribution in [0, 0.1) is 24.0 Å². The van der Waals surface area contributed by atoms with Gasteiger partial charge < -0.3 is 10.2 Å². The van der Waals surface area contributed by atoms with Crippen molar-refractivity contribution >= 4 is 17.6 Å². The zero-order valence-corrected chi connectivity index (χ0v) is 13.0. The molecule has 0 spiro atoms. The molecule has 0 saturated carbocycles. The fourth-order valence-corrected chi connectivity index (χ4v) is 2.55. The van der Waals surface area contributed by atoms with Crippen LogP contribution in [0.2, 0.25) is 0 Å². The Hall–Kier alpha value is -3.22. The predicted molar refractivity (Wildman–Crippen MR) is 86.0 cm³/mol. The number of aryl methyl sites for hydroxylation is 1. The molecular weight excluding hydrogens is 314 g/mol. The minimum absolute atomic E-state index is 0.353. The molecule has 0 fully saturated rings. The highest BCUT2D eigenvalue weighted by molar-refractivity contribution is 6.00. The van der Waals surface area contributed by atoms with Gasteiger partial charge in [-0.15, -0.1) is 0 Å². The molecule has 0 atom stereocenters. The van der Waals surface area contributed by atoms with Gasteiger partial charge in [0.1, 0.15) is 0 Å². The van der Waals surface area contributed by atoms with Crippen molar-refractivity contribution in [2.45, 2.75) is 19.8 Å². The highest BCUT2D eigenvalue weighted by Crippen LogP contribution is 2.34. The molecule has 0 aliphatic rings. The van der Waals surface area contributed by atoms with Crippen molar-refractivity contribution in [3.63, 3.8) is 0 Å². The Morgan fingerprint density at radius 2 is 1.71 bits per heavy atom. The van der Waals surface area contributed by atoms with Crippen LogP contribution in [-0.2, 0) is 9.59 Å². The maximum absolute atomic E-state index is 11.3. The second kappa shape index (κ2) is 6.49. The molecule has 24 heavy (non-hydrogen) atoms. The molecule has 124 valence electrons. The average Bonchev–Trinajstić information content (AvgIpc) is 2.49. The Kier molecular flexibility index (Phi) is 4.64. The quantitative estimate of drug-likeness (QED) is 0.494. The van der Waals surface area contributed by atoms with Gasteiger partial charge in [-0.25, -0.2) is 0 Å².